The summed E-state index contributed by atoms with van der Waals surface area (Å²) in [5.41, 5.74) is 5.69. The van der Waals surface area contributed by atoms with E-state index < -0.39 is 12.3 Å². The van der Waals surface area contributed by atoms with Crippen LogP contribution >= 0.6 is 0 Å². The summed E-state index contributed by atoms with van der Waals surface area (Å²) >= 11 is 0. The number of hydrogen-bond acceptors (Lipinski definition) is 7. The normalized spacial score (nSPS) is 23.5. The minimum absolute atomic E-state index is 0.206. The fourth-order valence-corrected chi connectivity index (χ4v) is 6.65. The van der Waals surface area contributed by atoms with Crippen molar-refractivity contribution < 1.29 is 13.9 Å². The van der Waals surface area contributed by atoms with E-state index in [1.165, 1.54) is 0 Å². The largest absolute Gasteiger partial charge is 0.396 e. The first-order valence-corrected chi connectivity index (χ1v) is 14.3. The molecule has 0 saturated heterocycles. The number of H-pyrrole nitrogens is 2. The number of hydrogen-bond donors (Lipinski definition) is 3. The molecule has 13 heteroatoms. The molecule has 2 aliphatic rings. The Morgan fingerprint density at radius 1 is 0.756 bits per heavy atom. The van der Waals surface area contributed by atoms with Crippen LogP contribution in [0, 0.1) is 11.8 Å². The highest BCUT2D eigenvalue weighted by atomic mass is 19.3. The van der Waals surface area contributed by atoms with E-state index in [1.807, 2.05) is 24.5 Å². The van der Waals surface area contributed by atoms with Crippen molar-refractivity contribution in [3.8, 4) is 0 Å². The van der Waals surface area contributed by atoms with E-state index in [9.17, 15) is 13.9 Å². The lowest BCUT2D eigenvalue weighted by Gasteiger charge is -2.26. The van der Waals surface area contributed by atoms with Crippen LogP contribution in [0.25, 0.3) is 33.1 Å². The van der Waals surface area contributed by atoms with Gasteiger partial charge in [0.1, 0.15) is 35.0 Å². The molecule has 8 rings (SSSR count). The van der Waals surface area contributed by atoms with Gasteiger partial charge in [-0.05, 0) is 69.4 Å². The summed E-state index contributed by atoms with van der Waals surface area (Å²) in [6.07, 6.45) is 11.8. The molecule has 6 aromatic heterocycles. The zero-order valence-electron chi connectivity index (χ0n) is 22.5. The fraction of sp³-hybridized carbons (Fsp3) is 0.500. The van der Waals surface area contributed by atoms with E-state index in [0.29, 0.717) is 31.3 Å². The standard InChI is InChI=1S/C14H15F2N5.C14H17N5O/c15-13(16)9-3-1-8(2-4-9)11-12-10-5-6-17-14(10)18-7-21(12)20-19-11;20-7-9-1-3-10(4-2-9)12-13-11-5-6-15-14(11)16-8-19(13)18-17-12/h5-9,13,17H,1-4H2;5-6,8-10,15,20H,1-4,7H2. The molecule has 0 atom stereocenters. The molecule has 6 aromatic rings. The molecule has 2 saturated carbocycles. The van der Waals surface area contributed by atoms with Crippen LogP contribution in [0.15, 0.2) is 37.2 Å². The van der Waals surface area contributed by atoms with Crippen molar-refractivity contribution in [3.05, 3.63) is 48.6 Å². The summed E-state index contributed by atoms with van der Waals surface area (Å²) in [6, 6.07) is 3.99. The van der Waals surface area contributed by atoms with Crippen LogP contribution in [-0.4, -0.2) is 67.7 Å². The van der Waals surface area contributed by atoms with E-state index in [4.69, 9.17) is 0 Å². The van der Waals surface area contributed by atoms with Crippen molar-refractivity contribution in [1.29, 1.82) is 0 Å². The molecule has 41 heavy (non-hydrogen) atoms. The van der Waals surface area contributed by atoms with E-state index >= 15 is 0 Å². The quantitative estimate of drug-likeness (QED) is 0.274. The third kappa shape index (κ3) is 4.71. The topological polar surface area (TPSA) is 138 Å². The number of rotatable bonds is 4. The SMILES string of the molecule is FC(F)C1CCC(c2nnn3cnc4[nH]ccc4c23)CC1.OCC1CCC(c2nnn3cnc4[nH]ccc4c23)CC1. The minimum Gasteiger partial charge on any atom is -0.396 e. The van der Waals surface area contributed by atoms with Crippen molar-refractivity contribution in [3.63, 3.8) is 0 Å². The van der Waals surface area contributed by atoms with E-state index in [0.717, 1.165) is 83.0 Å². The molecule has 0 unspecified atom stereocenters. The number of fused-ring (bicyclic) bond motifs is 6. The molecule has 0 bridgehead atoms. The number of nitrogens with zero attached hydrogens (tertiary/aromatic N) is 8. The molecule has 0 aliphatic heterocycles. The Kier molecular flexibility index (Phi) is 6.81. The number of aliphatic hydroxyl groups excluding tert-OH is 1. The number of aromatic nitrogens is 10. The van der Waals surface area contributed by atoms with Crippen LogP contribution in [0.5, 0.6) is 0 Å². The van der Waals surface area contributed by atoms with Crippen molar-refractivity contribution >= 4 is 33.1 Å². The Morgan fingerprint density at radius 3 is 1.71 bits per heavy atom. The van der Waals surface area contributed by atoms with Gasteiger partial charge in [-0.15, -0.1) is 10.2 Å². The van der Waals surface area contributed by atoms with Gasteiger partial charge in [-0.1, -0.05) is 10.4 Å². The predicted molar refractivity (Wildman–Crippen MR) is 148 cm³/mol. The van der Waals surface area contributed by atoms with Gasteiger partial charge < -0.3 is 15.1 Å². The van der Waals surface area contributed by atoms with Crippen LogP contribution in [-0.2, 0) is 0 Å². The lowest BCUT2D eigenvalue weighted by Crippen LogP contribution is -2.19. The molecular formula is C28H32F2N10O. The lowest BCUT2D eigenvalue weighted by atomic mass is 9.80. The fourth-order valence-electron chi connectivity index (χ4n) is 6.65. The van der Waals surface area contributed by atoms with Gasteiger partial charge in [-0.3, -0.25) is 0 Å². The summed E-state index contributed by atoms with van der Waals surface area (Å²) in [4.78, 5) is 14.8. The number of halogens is 2. The minimum atomic E-state index is -2.21. The molecule has 0 radical (unpaired) electrons. The summed E-state index contributed by atoms with van der Waals surface area (Å²) < 4.78 is 29.0. The van der Waals surface area contributed by atoms with Gasteiger partial charge >= 0.3 is 0 Å². The summed E-state index contributed by atoms with van der Waals surface area (Å²) in [7, 11) is 0. The third-order valence-corrected chi connectivity index (χ3v) is 9.00. The molecule has 2 aliphatic carbocycles. The molecule has 6 heterocycles. The average Bonchev–Trinajstić information content (AvgIpc) is 3.82. The van der Waals surface area contributed by atoms with Crippen LogP contribution in [0.2, 0.25) is 0 Å². The van der Waals surface area contributed by atoms with Crippen LogP contribution in [0.4, 0.5) is 8.78 Å². The predicted octanol–water partition coefficient (Wildman–Crippen LogP) is 5.02. The van der Waals surface area contributed by atoms with E-state index in [1.54, 1.807) is 21.7 Å². The average molecular weight is 563 g/mol. The maximum Gasteiger partial charge on any atom is 0.241 e. The number of alkyl halides is 2. The Morgan fingerprint density at radius 2 is 1.24 bits per heavy atom. The van der Waals surface area contributed by atoms with Gasteiger partial charge in [-0.25, -0.2) is 27.8 Å². The zero-order valence-corrected chi connectivity index (χ0v) is 22.5. The molecular weight excluding hydrogens is 530 g/mol. The van der Waals surface area contributed by atoms with E-state index in [-0.39, 0.29) is 5.92 Å². The first kappa shape index (κ1) is 25.9. The van der Waals surface area contributed by atoms with Crippen molar-refractivity contribution in [2.24, 2.45) is 11.8 Å². The number of aliphatic hydroxyl groups is 1. The summed E-state index contributed by atoms with van der Waals surface area (Å²) in [5.74, 6) is 0.646. The highest BCUT2D eigenvalue weighted by Crippen LogP contribution is 2.40. The molecule has 214 valence electrons. The Balaban J connectivity index is 0.000000135. The van der Waals surface area contributed by atoms with Gasteiger partial charge in [0.25, 0.3) is 0 Å². The van der Waals surface area contributed by atoms with Gasteiger partial charge in [0.05, 0.1) is 11.4 Å². The Labute approximate surface area is 233 Å². The van der Waals surface area contributed by atoms with Gasteiger partial charge in [0, 0.05) is 47.5 Å². The second kappa shape index (κ2) is 10.8. The lowest BCUT2D eigenvalue weighted by molar-refractivity contribution is 0.0527. The van der Waals surface area contributed by atoms with Crippen molar-refractivity contribution in [1.82, 2.24) is 49.6 Å². The maximum absolute atomic E-state index is 12.8. The third-order valence-electron chi connectivity index (χ3n) is 9.00. The zero-order chi connectivity index (χ0) is 27.9. The second-order valence-corrected chi connectivity index (χ2v) is 11.4. The first-order chi connectivity index (χ1) is 20.1. The number of nitrogens with one attached hydrogen (secondary N) is 2. The molecule has 0 aromatic carbocycles. The van der Waals surface area contributed by atoms with Gasteiger partial charge in [0.15, 0.2) is 0 Å². The maximum atomic E-state index is 12.8. The highest BCUT2D eigenvalue weighted by Gasteiger charge is 2.31. The molecule has 11 nitrogen and oxygen atoms in total. The van der Waals surface area contributed by atoms with Crippen LogP contribution in [0.3, 0.4) is 0 Å². The van der Waals surface area contributed by atoms with Crippen LogP contribution in [0.1, 0.15) is 74.6 Å². The highest BCUT2D eigenvalue weighted by molar-refractivity contribution is 5.93. The van der Waals surface area contributed by atoms with E-state index in [2.05, 4.69) is 40.6 Å². The summed E-state index contributed by atoms with van der Waals surface area (Å²) in [6.45, 7) is 0.306. The molecule has 0 spiro atoms. The van der Waals surface area contributed by atoms with Gasteiger partial charge in [-0.2, -0.15) is 0 Å². The first-order valence-electron chi connectivity index (χ1n) is 14.3. The molecule has 2 fully saturated rings. The Bertz CT molecular complexity index is 1770. The monoisotopic (exact) mass is 562 g/mol. The molecule has 3 N–H and O–H groups in total. The van der Waals surface area contributed by atoms with Gasteiger partial charge in [0.2, 0.25) is 6.43 Å². The summed E-state index contributed by atoms with van der Waals surface area (Å²) in [5, 5.41) is 28.3. The smallest absolute Gasteiger partial charge is 0.241 e. The van der Waals surface area contributed by atoms with Crippen molar-refractivity contribution in [2.45, 2.75) is 69.6 Å². The molecule has 0 amide bonds. The number of aromatic amines is 2. The Hall–Kier alpha value is -4.00. The van der Waals surface area contributed by atoms with Crippen LogP contribution < -0.4 is 0 Å². The second-order valence-electron chi connectivity index (χ2n) is 11.4. The van der Waals surface area contributed by atoms with Crippen molar-refractivity contribution in [2.75, 3.05) is 6.61 Å².